The van der Waals surface area contributed by atoms with Gasteiger partial charge in [0.15, 0.2) is 5.11 Å². The SMILES string of the molecule is CCN(C(=S)NCc1ccccc1)[C@@H](C)C(=O)Nc1ccc(C)cc1. The van der Waals surface area contributed by atoms with Gasteiger partial charge in [-0.15, -0.1) is 0 Å². The molecule has 0 aliphatic carbocycles. The smallest absolute Gasteiger partial charge is 0.246 e. The molecule has 0 aliphatic rings. The van der Waals surface area contributed by atoms with Gasteiger partial charge < -0.3 is 15.5 Å². The highest BCUT2D eigenvalue weighted by Crippen LogP contribution is 2.11. The summed E-state index contributed by atoms with van der Waals surface area (Å²) in [6.45, 7) is 7.17. The normalized spacial score (nSPS) is 11.5. The summed E-state index contributed by atoms with van der Waals surface area (Å²) in [5.74, 6) is -0.0745. The fourth-order valence-corrected chi connectivity index (χ4v) is 2.85. The number of hydrogen-bond acceptors (Lipinski definition) is 2. The van der Waals surface area contributed by atoms with Gasteiger partial charge in [-0.2, -0.15) is 0 Å². The van der Waals surface area contributed by atoms with Crippen molar-refractivity contribution in [3.63, 3.8) is 0 Å². The van der Waals surface area contributed by atoms with E-state index in [1.807, 2.05) is 80.3 Å². The predicted molar refractivity (Wildman–Crippen MR) is 108 cm³/mol. The minimum atomic E-state index is -0.359. The van der Waals surface area contributed by atoms with Crippen molar-refractivity contribution in [3.05, 3.63) is 65.7 Å². The largest absolute Gasteiger partial charge is 0.358 e. The number of nitrogens with zero attached hydrogens (tertiary/aromatic N) is 1. The van der Waals surface area contributed by atoms with Crippen LogP contribution in [0.25, 0.3) is 0 Å². The van der Waals surface area contributed by atoms with Gasteiger partial charge in [-0.1, -0.05) is 48.0 Å². The molecule has 2 aromatic rings. The molecule has 0 saturated carbocycles. The third kappa shape index (κ3) is 5.57. The highest BCUT2D eigenvalue weighted by molar-refractivity contribution is 7.80. The van der Waals surface area contributed by atoms with Crippen molar-refractivity contribution in [2.24, 2.45) is 0 Å². The summed E-state index contributed by atoms with van der Waals surface area (Å²) in [5, 5.41) is 6.76. The van der Waals surface area contributed by atoms with Crippen molar-refractivity contribution in [2.45, 2.75) is 33.4 Å². The highest BCUT2D eigenvalue weighted by Gasteiger charge is 2.22. The Morgan fingerprint density at radius 3 is 2.36 bits per heavy atom. The monoisotopic (exact) mass is 355 g/mol. The van der Waals surface area contributed by atoms with Crippen molar-refractivity contribution < 1.29 is 4.79 Å². The van der Waals surface area contributed by atoms with E-state index in [1.54, 1.807) is 0 Å². The second-order valence-corrected chi connectivity index (χ2v) is 6.35. The third-order valence-electron chi connectivity index (χ3n) is 4.05. The zero-order chi connectivity index (χ0) is 18.2. The number of thiocarbonyl (C=S) groups is 1. The van der Waals surface area contributed by atoms with Crippen LogP contribution in [-0.4, -0.2) is 28.5 Å². The van der Waals surface area contributed by atoms with Crippen molar-refractivity contribution in [1.29, 1.82) is 0 Å². The molecular weight excluding hydrogens is 330 g/mol. The molecule has 0 spiro atoms. The molecule has 132 valence electrons. The second kappa shape index (κ2) is 9.18. The molecule has 0 radical (unpaired) electrons. The van der Waals surface area contributed by atoms with Crippen LogP contribution in [0.3, 0.4) is 0 Å². The Hall–Kier alpha value is -2.40. The number of aryl methyl sites for hydroxylation is 1. The number of benzene rings is 2. The number of carbonyl (C=O) groups excluding carboxylic acids is 1. The molecule has 0 heterocycles. The van der Waals surface area contributed by atoms with E-state index in [1.165, 1.54) is 0 Å². The van der Waals surface area contributed by atoms with Crippen molar-refractivity contribution in [1.82, 2.24) is 10.2 Å². The first-order chi connectivity index (χ1) is 12.0. The molecule has 0 aromatic heterocycles. The predicted octanol–water partition coefficient (Wildman–Crippen LogP) is 3.72. The summed E-state index contributed by atoms with van der Waals surface area (Å²) in [6.07, 6.45) is 0. The average Bonchev–Trinajstić information content (AvgIpc) is 2.63. The van der Waals surface area contributed by atoms with E-state index in [4.69, 9.17) is 12.2 Å². The van der Waals surface area contributed by atoms with Gasteiger partial charge in [-0.3, -0.25) is 4.79 Å². The molecule has 25 heavy (non-hydrogen) atoms. The molecule has 0 saturated heterocycles. The number of rotatable bonds is 6. The molecule has 4 nitrogen and oxygen atoms in total. The molecule has 2 aromatic carbocycles. The summed E-state index contributed by atoms with van der Waals surface area (Å²) in [4.78, 5) is 14.4. The van der Waals surface area contributed by atoms with Crippen LogP contribution in [0.2, 0.25) is 0 Å². The van der Waals surface area contributed by atoms with Gasteiger partial charge in [0.25, 0.3) is 0 Å². The van der Waals surface area contributed by atoms with Crippen LogP contribution in [0, 0.1) is 6.92 Å². The number of hydrogen-bond donors (Lipinski definition) is 2. The first-order valence-corrected chi connectivity index (χ1v) is 8.88. The van der Waals surface area contributed by atoms with Crippen LogP contribution in [0.1, 0.15) is 25.0 Å². The Labute approximate surface area is 155 Å². The van der Waals surface area contributed by atoms with E-state index >= 15 is 0 Å². The third-order valence-corrected chi connectivity index (χ3v) is 4.43. The Morgan fingerprint density at radius 1 is 1.12 bits per heavy atom. The Morgan fingerprint density at radius 2 is 1.76 bits per heavy atom. The Kier molecular flexibility index (Phi) is 6.95. The maximum atomic E-state index is 12.5. The maximum absolute atomic E-state index is 12.5. The van der Waals surface area contributed by atoms with Gasteiger partial charge >= 0.3 is 0 Å². The lowest BCUT2D eigenvalue weighted by Crippen LogP contribution is -2.49. The minimum Gasteiger partial charge on any atom is -0.358 e. The number of likely N-dealkylation sites (N-methyl/N-ethyl adjacent to an activating group) is 1. The fraction of sp³-hybridized carbons (Fsp3) is 0.300. The number of anilines is 1. The molecule has 0 bridgehead atoms. The van der Waals surface area contributed by atoms with Gasteiger partial charge in [0.05, 0.1) is 0 Å². The van der Waals surface area contributed by atoms with E-state index in [2.05, 4.69) is 10.6 Å². The van der Waals surface area contributed by atoms with Gasteiger partial charge in [0.1, 0.15) is 6.04 Å². The van der Waals surface area contributed by atoms with Gasteiger partial charge in [0.2, 0.25) is 5.91 Å². The lowest BCUT2D eigenvalue weighted by molar-refractivity contribution is -0.119. The number of nitrogens with one attached hydrogen (secondary N) is 2. The zero-order valence-corrected chi connectivity index (χ0v) is 15.8. The molecule has 1 atom stereocenters. The average molecular weight is 356 g/mol. The second-order valence-electron chi connectivity index (χ2n) is 5.96. The van der Waals surface area contributed by atoms with Crippen LogP contribution >= 0.6 is 12.2 Å². The van der Waals surface area contributed by atoms with Crippen LogP contribution in [0.5, 0.6) is 0 Å². The van der Waals surface area contributed by atoms with Gasteiger partial charge in [-0.25, -0.2) is 0 Å². The number of carbonyl (C=O) groups is 1. The van der Waals surface area contributed by atoms with Crippen LogP contribution < -0.4 is 10.6 Å². The van der Waals surface area contributed by atoms with Crippen molar-refractivity contribution in [2.75, 3.05) is 11.9 Å². The minimum absolute atomic E-state index is 0.0745. The Bertz CT molecular complexity index is 701. The van der Waals surface area contributed by atoms with Crippen LogP contribution in [0.15, 0.2) is 54.6 Å². The van der Waals surface area contributed by atoms with Gasteiger partial charge in [0, 0.05) is 18.8 Å². The van der Waals surface area contributed by atoms with Crippen molar-refractivity contribution in [3.8, 4) is 0 Å². The first-order valence-electron chi connectivity index (χ1n) is 8.47. The van der Waals surface area contributed by atoms with Crippen molar-refractivity contribution >= 4 is 28.9 Å². The molecular formula is C20H25N3OS. The first kappa shape index (κ1) is 18.9. The van der Waals surface area contributed by atoms with Crippen LogP contribution in [0.4, 0.5) is 5.69 Å². The molecule has 0 aliphatic heterocycles. The van der Waals surface area contributed by atoms with E-state index in [9.17, 15) is 4.79 Å². The molecule has 0 unspecified atom stereocenters. The zero-order valence-electron chi connectivity index (χ0n) is 15.0. The van der Waals surface area contributed by atoms with E-state index in [0.29, 0.717) is 18.2 Å². The summed E-state index contributed by atoms with van der Waals surface area (Å²) in [7, 11) is 0. The summed E-state index contributed by atoms with van der Waals surface area (Å²) in [5.41, 5.74) is 3.10. The highest BCUT2D eigenvalue weighted by atomic mass is 32.1. The maximum Gasteiger partial charge on any atom is 0.246 e. The lowest BCUT2D eigenvalue weighted by atomic mass is 10.2. The molecule has 5 heteroatoms. The van der Waals surface area contributed by atoms with E-state index < -0.39 is 0 Å². The van der Waals surface area contributed by atoms with Crippen LogP contribution in [-0.2, 0) is 11.3 Å². The molecule has 2 rings (SSSR count). The van der Waals surface area contributed by atoms with Gasteiger partial charge in [-0.05, 0) is 50.7 Å². The van der Waals surface area contributed by atoms with E-state index in [0.717, 1.165) is 16.8 Å². The summed E-state index contributed by atoms with van der Waals surface area (Å²) >= 11 is 5.49. The molecule has 1 amide bonds. The standard InChI is InChI=1S/C20H25N3OS/c1-4-23(20(25)21-14-17-8-6-5-7-9-17)16(3)19(24)22-18-12-10-15(2)11-13-18/h5-13,16H,4,14H2,1-3H3,(H,21,25)(H,22,24)/t16-/m0/s1. The number of amides is 1. The summed E-state index contributed by atoms with van der Waals surface area (Å²) in [6, 6.07) is 17.5. The van der Waals surface area contributed by atoms with E-state index in [-0.39, 0.29) is 11.9 Å². The summed E-state index contributed by atoms with van der Waals surface area (Å²) < 4.78 is 0. The fourth-order valence-electron chi connectivity index (χ4n) is 2.49. The Balaban J connectivity index is 1.94. The molecule has 2 N–H and O–H groups in total. The lowest BCUT2D eigenvalue weighted by Gasteiger charge is -2.30. The topological polar surface area (TPSA) is 44.4 Å². The molecule has 0 fully saturated rings. The quantitative estimate of drug-likeness (QED) is 0.775.